The van der Waals surface area contributed by atoms with E-state index in [2.05, 4.69) is 123 Å². The van der Waals surface area contributed by atoms with Gasteiger partial charge >= 0.3 is 0 Å². The highest BCUT2D eigenvalue weighted by molar-refractivity contribution is 6.18. The topological polar surface area (TPSA) is 0 Å². The van der Waals surface area contributed by atoms with Gasteiger partial charge < -0.3 is 0 Å². The lowest BCUT2D eigenvalue weighted by Crippen LogP contribution is -1.89. The van der Waals surface area contributed by atoms with Crippen LogP contribution in [0.4, 0.5) is 0 Å². The molecule has 6 aromatic rings. The Kier molecular flexibility index (Phi) is 12.4. The summed E-state index contributed by atoms with van der Waals surface area (Å²) in [6.45, 7) is 4.58. The van der Waals surface area contributed by atoms with Crippen LogP contribution in [-0.2, 0) is 12.8 Å². The van der Waals surface area contributed by atoms with Crippen LogP contribution in [0.3, 0.4) is 0 Å². The monoisotopic (exact) mass is 632 g/mol. The molecule has 0 N–H and O–H groups in total. The largest absolute Gasteiger partial charge is 0.0654 e. The van der Waals surface area contributed by atoms with Crippen LogP contribution in [0.25, 0.3) is 54.6 Å². The fourth-order valence-electron chi connectivity index (χ4n) is 7.63. The summed E-state index contributed by atoms with van der Waals surface area (Å²) in [6, 6.07) is 41.9. The molecule has 0 aliphatic heterocycles. The zero-order chi connectivity index (χ0) is 33.0. The molecule has 0 saturated heterocycles. The fourth-order valence-corrected chi connectivity index (χ4v) is 7.63. The summed E-state index contributed by atoms with van der Waals surface area (Å²) in [6.07, 6.45) is 21.4. The van der Waals surface area contributed by atoms with Gasteiger partial charge in [0.15, 0.2) is 0 Å². The Labute approximate surface area is 290 Å². The first-order valence-corrected chi connectivity index (χ1v) is 19.3. The lowest BCUT2D eigenvalue weighted by molar-refractivity contribution is 0.589. The molecule has 0 heteroatoms. The lowest BCUT2D eigenvalue weighted by Gasteiger charge is -2.12. The molecule has 0 radical (unpaired) electrons. The molecule has 0 atom stereocenters. The summed E-state index contributed by atoms with van der Waals surface area (Å²) in [4.78, 5) is 0. The summed E-state index contributed by atoms with van der Waals surface area (Å²) in [5.74, 6) is 0. The number of benzene rings is 6. The van der Waals surface area contributed by atoms with Crippen LogP contribution in [0.2, 0.25) is 0 Å². The quantitative estimate of drug-likeness (QED) is 0.0653. The van der Waals surface area contributed by atoms with Crippen LogP contribution in [0.15, 0.2) is 109 Å². The maximum absolute atomic E-state index is 2.41. The van der Waals surface area contributed by atoms with Crippen LogP contribution >= 0.6 is 0 Å². The number of hydrogen-bond donors (Lipinski definition) is 0. The highest BCUT2D eigenvalue weighted by Gasteiger charge is 2.09. The Morgan fingerprint density at radius 2 is 0.688 bits per heavy atom. The Hall–Kier alpha value is -3.90. The maximum atomic E-state index is 2.41. The number of hydrogen-bond acceptors (Lipinski definition) is 0. The maximum Gasteiger partial charge on any atom is -0.00990 e. The van der Waals surface area contributed by atoms with E-state index in [0.29, 0.717) is 0 Å². The molecular weight excluding hydrogens is 577 g/mol. The SMILES string of the molecule is CCCCCCCCCc1cccc(-c2ccc3c(ccc4c5ccc(-c6cccc(CCCCCCCCC)c6)cc5ccc34)c2)c1. The zero-order valence-corrected chi connectivity index (χ0v) is 29.7. The van der Waals surface area contributed by atoms with Gasteiger partial charge in [0.2, 0.25) is 0 Å². The first-order chi connectivity index (χ1) is 23.7. The van der Waals surface area contributed by atoms with Crippen molar-refractivity contribution in [2.75, 3.05) is 0 Å². The van der Waals surface area contributed by atoms with E-state index in [9.17, 15) is 0 Å². The minimum Gasteiger partial charge on any atom is -0.0654 e. The molecule has 0 fully saturated rings. The molecule has 48 heavy (non-hydrogen) atoms. The van der Waals surface area contributed by atoms with Crippen molar-refractivity contribution in [3.05, 3.63) is 120 Å². The molecule has 248 valence electrons. The molecule has 6 aromatic carbocycles. The summed E-state index contributed by atoms with van der Waals surface area (Å²) >= 11 is 0. The molecule has 0 heterocycles. The van der Waals surface area contributed by atoms with E-state index < -0.39 is 0 Å². The number of fused-ring (bicyclic) bond motifs is 5. The highest BCUT2D eigenvalue weighted by atomic mass is 14.1. The predicted molar refractivity (Wildman–Crippen MR) is 213 cm³/mol. The second kappa shape index (κ2) is 17.5. The van der Waals surface area contributed by atoms with Gasteiger partial charge in [0, 0.05) is 0 Å². The molecule has 0 aromatic heterocycles. The van der Waals surface area contributed by atoms with Crippen LogP contribution in [0.1, 0.15) is 115 Å². The van der Waals surface area contributed by atoms with Crippen molar-refractivity contribution in [2.24, 2.45) is 0 Å². The van der Waals surface area contributed by atoms with E-state index >= 15 is 0 Å². The molecule has 0 aliphatic carbocycles. The Balaban J connectivity index is 1.15. The normalized spacial score (nSPS) is 11.6. The fraction of sp³-hybridized carbons (Fsp3) is 0.375. The van der Waals surface area contributed by atoms with Gasteiger partial charge in [-0.3, -0.25) is 0 Å². The Morgan fingerprint density at radius 3 is 1.12 bits per heavy atom. The molecule has 0 bridgehead atoms. The molecule has 0 nitrogen and oxygen atoms in total. The van der Waals surface area contributed by atoms with Crippen molar-refractivity contribution >= 4 is 32.3 Å². The zero-order valence-electron chi connectivity index (χ0n) is 29.7. The van der Waals surface area contributed by atoms with Gasteiger partial charge in [0.25, 0.3) is 0 Å². The van der Waals surface area contributed by atoms with Crippen LogP contribution in [0.5, 0.6) is 0 Å². The number of aryl methyl sites for hydroxylation is 2. The number of rotatable bonds is 18. The minimum atomic E-state index is 1.18. The third-order valence-corrected chi connectivity index (χ3v) is 10.5. The van der Waals surface area contributed by atoms with Gasteiger partial charge in [0.1, 0.15) is 0 Å². The van der Waals surface area contributed by atoms with Crippen molar-refractivity contribution in [1.82, 2.24) is 0 Å². The predicted octanol–water partition coefficient (Wildman–Crippen LogP) is 15.1. The smallest absolute Gasteiger partial charge is 0.00990 e. The van der Waals surface area contributed by atoms with E-state index in [1.54, 1.807) is 0 Å². The van der Waals surface area contributed by atoms with Crippen LogP contribution in [0, 0.1) is 0 Å². The summed E-state index contributed by atoms with van der Waals surface area (Å²) < 4.78 is 0. The van der Waals surface area contributed by atoms with E-state index in [1.165, 1.54) is 168 Å². The average Bonchev–Trinajstić information content (AvgIpc) is 3.13. The molecule has 6 rings (SSSR count). The standard InChI is InChI=1S/C48H56/c1-3-5-7-9-11-13-15-19-37-21-17-23-39(33-37)41-25-29-45-43(35-41)27-31-48-46-30-26-42(36-44(46)28-32-47(45)48)40-24-18-22-38(34-40)20-16-14-12-10-8-6-4-2/h17-18,21-36H,3-16,19-20H2,1-2H3. The van der Waals surface area contributed by atoms with Gasteiger partial charge in [-0.05, 0) is 104 Å². The van der Waals surface area contributed by atoms with Crippen LogP contribution < -0.4 is 0 Å². The Bertz CT molecular complexity index is 1770. The van der Waals surface area contributed by atoms with Crippen molar-refractivity contribution in [2.45, 2.75) is 117 Å². The van der Waals surface area contributed by atoms with E-state index in [1.807, 2.05) is 0 Å². The molecule has 0 saturated carbocycles. The molecule has 0 amide bonds. The molecular formula is C48H56. The average molecular weight is 633 g/mol. The highest BCUT2D eigenvalue weighted by Crippen LogP contribution is 2.35. The first-order valence-electron chi connectivity index (χ1n) is 19.3. The molecule has 0 unspecified atom stereocenters. The van der Waals surface area contributed by atoms with E-state index in [0.717, 1.165) is 0 Å². The summed E-state index contributed by atoms with van der Waals surface area (Å²) in [5.41, 5.74) is 8.20. The van der Waals surface area contributed by atoms with Crippen molar-refractivity contribution in [1.29, 1.82) is 0 Å². The second-order valence-corrected chi connectivity index (χ2v) is 14.2. The van der Waals surface area contributed by atoms with Gasteiger partial charge in [-0.25, -0.2) is 0 Å². The van der Waals surface area contributed by atoms with Crippen LogP contribution in [-0.4, -0.2) is 0 Å². The van der Waals surface area contributed by atoms with Crippen molar-refractivity contribution in [3.8, 4) is 22.3 Å². The second-order valence-electron chi connectivity index (χ2n) is 14.2. The van der Waals surface area contributed by atoms with Gasteiger partial charge in [-0.2, -0.15) is 0 Å². The van der Waals surface area contributed by atoms with Gasteiger partial charge in [0.05, 0.1) is 0 Å². The van der Waals surface area contributed by atoms with E-state index in [-0.39, 0.29) is 0 Å². The minimum absolute atomic E-state index is 1.18. The van der Waals surface area contributed by atoms with Crippen molar-refractivity contribution in [3.63, 3.8) is 0 Å². The van der Waals surface area contributed by atoms with Crippen molar-refractivity contribution < 1.29 is 0 Å². The molecule has 0 spiro atoms. The Morgan fingerprint density at radius 1 is 0.312 bits per heavy atom. The third-order valence-electron chi connectivity index (χ3n) is 10.5. The van der Waals surface area contributed by atoms with Gasteiger partial charge in [-0.1, -0.05) is 188 Å². The lowest BCUT2D eigenvalue weighted by atomic mass is 9.92. The molecule has 0 aliphatic rings. The first kappa shape index (κ1) is 34.0. The number of unbranched alkanes of at least 4 members (excludes halogenated alkanes) is 12. The van der Waals surface area contributed by atoms with E-state index in [4.69, 9.17) is 0 Å². The summed E-state index contributed by atoms with van der Waals surface area (Å²) in [5, 5.41) is 7.96. The summed E-state index contributed by atoms with van der Waals surface area (Å²) in [7, 11) is 0. The van der Waals surface area contributed by atoms with Gasteiger partial charge in [-0.15, -0.1) is 0 Å². The third kappa shape index (κ3) is 8.76.